The van der Waals surface area contributed by atoms with Crippen molar-refractivity contribution in [2.45, 2.75) is 52.0 Å². The van der Waals surface area contributed by atoms with Gasteiger partial charge in [-0.05, 0) is 94.0 Å². The molecular formula is C36H46N10O. The summed E-state index contributed by atoms with van der Waals surface area (Å²) in [5.41, 5.74) is 5.69. The minimum Gasteiger partial charge on any atom is -0.354 e. The lowest BCUT2D eigenvalue weighted by Crippen LogP contribution is -2.31. The molecule has 0 aliphatic carbocycles. The monoisotopic (exact) mass is 634 g/mol. The Morgan fingerprint density at radius 2 is 1.89 bits per heavy atom. The van der Waals surface area contributed by atoms with E-state index < -0.39 is 0 Å². The van der Waals surface area contributed by atoms with Crippen molar-refractivity contribution in [1.29, 1.82) is 0 Å². The maximum absolute atomic E-state index is 12.5. The van der Waals surface area contributed by atoms with Crippen molar-refractivity contribution in [1.82, 2.24) is 34.8 Å². The summed E-state index contributed by atoms with van der Waals surface area (Å²) < 4.78 is 1.81. The van der Waals surface area contributed by atoms with Crippen LogP contribution in [-0.4, -0.2) is 75.6 Å². The molecule has 5 aromatic rings. The van der Waals surface area contributed by atoms with Gasteiger partial charge in [0.25, 0.3) is 0 Å². The van der Waals surface area contributed by atoms with E-state index in [2.05, 4.69) is 57.2 Å². The van der Waals surface area contributed by atoms with Crippen molar-refractivity contribution in [3.05, 3.63) is 72.1 Å². The number of fused-ring (bicyclic) bond motifs is 2. The van der Waals surface area contributed by atoms with Gasteiger partial charge in [0.2, 0.25) is 17.8 Å². The second-order valence-electron chi connectivity index (χ2n) is 13.0. The molecule has 0 spiro atoms. The number of carbonyl (C=O) groups excluding carboxylic acids is 1. The zero-order valence-electron chi connectivity index (χ0n) is 27.9. The molecule has 4 N–H and O–H groups in total. The molecule has 6 rings (SSSR count). The van der Waals surface area contributed by atoms with Crippen LogP contribution in [0.5, 0.6) is 0 Å². The maximum atomic E-state index is 12.5. The van der Waals surface area contributed by atoms with Crippen LogP contribution < -0.4 is 21.3 Å². The molecule has 0 bridgehead atoms. The van der Waals surface area contributed by atoms with E-state index in [-0.39, 0.29) is 11.8 Å². The third-order valence-electron chi connectivity index (χ3n) is 8.79. The van der Waals surface area contributed by atoms with Gasteiger partial charge in [-0.3, -0.25) is 9.78 Å². The van der Waals surface area contributed by atoms with Crippen LogP contribution in [0, 0.1) is 5.92 Å². The van der Waals surface area contributed by atoms with Crippen LogP contribution in [0.3, 0.4) is 0 Å². The van der Waals surface area contributed by atoms with Gasteiger partial charge in [-0.1, -0.05) is 44.2 Å². The summed E-state index contributed by atoms with van der Waals surface area (Å²) in [6, 6.07) is 16.3. The summed E-state index contributed by atoms with van der Waals surface area (Å²) in [6.45, 7) is 8.68. The molecule has 0 saturated carbocycles. The fourth-order valence-electron chi connectivity index (χ4n) is 6.15. The van der Waals surface area contributed by atoms with Crippen LogP contribution in [0.4, 0.5) is 17.6 Å². The van der Waals surface area contributed by atoms with E-state index in [0.29, 0.717) is 30.8 Å². The molecular weight excluding hydrogens is 588 g/mol. The van der Waals surface area contributed by atoms with E-state index in [1.807, 2.05) is 62.9 Å². The smallest absolute Gasteiger partial charge is 0.229 e. The minimum absolute atomic E-state index is 0.0260. The van der Waals surface area contributed by atoms with E-state index in [4.69, 9.17) is 15.0 Å². The summed E-state index contributed by atoms with van der Waals surface area (Å²) in [7, 11) is 4.03. The summed E-state index contributed by atoms with van der Waals surface area (Å²) in [5, 5.41) is 20.3. The van der Waals surface area contributed by atoms with Crippen molar-refractivity contribution in [2.75, 3.05) is 56.2 Å². The second kappa shape index (κ2) is 14.9. The van der Waals surface area contributed by atoms with E-state index in [0.717, 1.165) is 89.9 Å². The minimum atomic E-state index is 0.0260. The molecule has 4 heterocycles. The highest BCUT2D eigenvalue weighted by Gasteiger charge is 2.18. The Morgan fingerprint density at radius 3 is 2.70 bits per heavy atom. The fourth-order valence-corrected chi connectivity index (χ4v) is 6.15. The van der Waals surface area contributed by atoms with Gasteiger partial charge in [-0.15, -0.1) is 0 Å². The first kappa shape index (κ1) is 32.3. The lowest BCUT2D eigenvalue weighted by Gasteiger charge is -2.22. The standard InChI is InChI=1S/C36H46N10O/c1-24(2)31-23-41-46-34(31)43-35(39-21-25-13-16-37-17-14-25)44-36(46)40-22-27-8-5-6-9-29(27)33-30-12-11-28(20-26(30)15-18-38-33)42-32(47)10-7-19-45(3)4/h5-6,8-9,11-12,15,18,20,23-25,37H,7,10,13-14,16-17,19,21-22H2,1-4H3,(H,42,47)(H2,39,40,43,44). The molecule has 1 aliphatic heterocycles. The van der Waals surface area contributed by atoms with Gasteiger partial charge in [-0.25, -0.2) is 0 Å². The number of hydrogen-bond acceptors (Lipinski definition) is 9. The Hall–Kier alpha value is -4.61. The SMILES string of the molecule is CC(C)c1cnn2c(NCc3ccccc3-c3nccc4cc(NC(=O)CCCN(C)C)ccc34)nc(NCC3CCNCC3)nc12. The van der Waals surface area contributed by atoms with Gasteiger partial charge >= 0.3 is 0 Å². The zero-order chi connectivity index (χ0) is 32.8. The first-order valence-electron chi connectivity index (χ1n) is 16.7. The van der Waals surface area contributed by atoms with Crippen molar-refractivity contribution in [3.63, 3.8) is 0 Å². The van der Waals surface area contributed by atoms with Gasteiger partial charge in [0.15, 0.2) is 5.65 Å². The average molecular weight is 635 g/mol. The molecule has 11 nitrogen and oxygen atoms in total. The number of carbonyl (C=O) groups is 1. The Morgan fingerprint density at radius 1 is 1.06 bits per heavy atom. The van der Waals surface area contributed by atoms with Gasteiger partial charge in [0.1, 0.15) is 0 Å². The molecule has 11 heteroatoms. The second-order valence-corrected chi connectivity index (χ2v) is 13.0. The molecule has 0 unspecified atom stereocenters. The van der Waals surface area contributed by atoms with Crippen molar-refractivity contribution in [2.24, 2.45) is 5.92 Å². The first-order chi connectivity index (χ1) is 22.9. The summed E-state index contributed by atoms with van der Waals surface area (Å²) in [4.78, 5) is 29.2. The predicted molar refractivity (Wildman–Crippen MR) is 190 cm³/mol. The fraction of sp³-hybridized carbons (Fsp3) is 0.417. The number of benzene rings is 2. The molecule has 0 atom stereocenters. The van der Waals surface area contributed by atoms with Crippen molar-refractivity contribution >= 4 is 39.9 Å². The summed E-state index contributed by atoms with van der Waals surface area (Å²) >= 11 is 0. The molecule has 47 heavy (non-hydrogen) atoms. The molecule has 1 fully saturated rings. The third kappa shape index (κ3) is 7.86. The Labute approximate surface area is 276 Å². The largest absolute Gasteiger partial charge is 0.354 e. The van der Waals surface area contributed by atoms with Crippen LogP contribution in [0.25, 0.3) is 27.7 Å². The van der Waals surface area contributed by atoms with Crippen molar-refractivity contribution in [3.8, 4) is 11.3 Å². The van der Waals surface area contributed by atoms with Crippen LogP contribution in [0.15, 0.2) is 60.9 Å². The molecule has 246 valence electrons. The average Bonchev–Trinajstić information content (AvgIpc) is 3.51. The van der Waals surface area contributed by atoms with Crippen LogP contribution >= 0.6 is 0 Å². The number of amides is 1. The van der Waals surface area contributed by atoms with Crippen LogP contribution in [-0.2, 0) is 11.3 Å². The van der Waals surface area contributed by atoms with E-state index in [1.54, 1.807) is 4.52 Å². The van der Waals surface area contributed by atoms with Gasteiger partial charge in [0.05, 0.1) is 11.9 Å². The van der Waals surface area contributed by atoms with E-state index in [1.165, 1.54) is 0 Å². The number of nitrogens with zero attached hydrogens (tertiary/aromatic N) is 6. The zero-order valence-corrected chi connectivity index (χ0v) is 27.9. The van der Waals surface area contributed by atoms with E-state index in [9.17, 15) is 4.79 Å². The van der Waals surface area contributed by atoms with Gasteiger partial charge < -0.3 is 26.2 Å². The molecule has 1 saturated heterocycles. The van der Waals surface area contributed by atoms with Crippen LogP contribution in [0.1, 0.15) is 56.6 Å². The maximum Gasteiger partial charge on any atom is 0.229 e. The first-order valence-corrected chi connectivity index (χ1v) is 16.7. The number of anilines is 3. The quantitative estimate of drug-likeness (QED) is 0.128. The predicted octanol–water partition coefficient (Wildman–Crippen LogP) is 5.77. The Balaban J connectivity index is 1.24. The topological polar surface area (TPSA) is 124 Å². The summed E-state index contributed by atoms with van der Waals surface area (Å²) in [5.74, 6) is 2.16. The number of nitrogens with one attached hydrogen (secondary N) is 4. The Kier molecular flexibility index (Phi) is 10.2. The number of aromatic nitrogens is 5. The highest BCUT2D eigenvalue weighted by Crippen LogP contribution is 2.31. The molecule has 2 aromatic carbocycles. The summed E-state index contributed by atoms with van der Waals surface area (Å²) in [6.07, 6.45) is 7.33. The Bertz CT molecular complexity index is 1830. The molecule has 0 radical (unpaired) electrons. The normalized spacial score (nSPS) is 13.9. The number of hydrogen-bond donors (Lipinski definition) is 4. The van der Waals surface area contributed by atoms with Gasteiger partial charge in [0, 0.05) is 47.9 Å². The number of pyridine rings is 1. The lowest BCUT2D eigenvalue weighted by atomic mass is 9.98. The molecule has 3 aromatic heterocycles. The highest BCUT2D eigenvalue weighted by molar-refractivity contribution is 5.99. The number of piperidine rings is 1. The van der Waals surface area contributed by atoms with Crippen LogP contribution in [0.2, 0.25) is 0 Å². The molecule has 1 aliphatic rings. The van der Waals surface area contributed by atoms with E-state index >= 15 is 0 Å². The van der Waals surface area contributed by atoms with Crippen molar-refractivity contribution < 1.29 is 4.79 Å². The number of rotatable bonds is 13. The molecule has 1 amide bonds. The highest BCUT2D eigenvalue weighted by atomic mass is 16.1. The lowest BCUT2D eigenvalue weighted by molar-refractivity contribution is -0.116. The van der Waals surface area contributed by atoms with Gasteiger partial charge in [-0.2, -0.15) is 19.6 Å². The third-order valence-corrected chi connectivity index (χ3v) is 8.79.